The molecule has 2 rings (SSSR count). The first kappa shape index (κ1) is 15.0. The van der Waals surface area contributed by atoms with Gasteiger partial charge in [0.25, 0.3) is 0 Å². The Labute approximate surface area is 121 Å². The van der Waals surface area contributed by atoms with Crippen LogP contribution in [0.5, 0.6) is 5.88 Å². The lowest BCUT2D eigenvalue weighted by atomic mass is 10.1. The Morgan fingerprint density at radius 2 is 2.05 bits per heavy atom. The lowest BCUT2D eigenvalue weighted by Gasteiger charge is -2.26. The predicted molar refractivity (Wildman–Crippen MR) is 81.4 cm³/mol. The summed E-state index contributed by atoms with van der Waals surface area (Å²) >= 11 is 0. The van der Waals surface area contributed by atoms with Gasteiger partial charge in [0.2, 0.25) is 5.88 Å². The van der Waals surface area contributed by atoms with Gasteiger partial charge in [-0.3, -0.25) is 4.90 Å². The van der Waals surface area contributed by atoms with Gasteiger partial charge in [-0.25, -0.2) is 4.98 Å². The minimum Gasteiger partial charge on any atom is -0.476 e. The number of rotatable bonds is 7. The topological polar surface area (TPSA) is 50.3 Å². The van der Waals surface area contributed by atoms with Crippen molar-refractivity contribution in [1.29, 1.82) is 0 Å². The fraction of sp³-hybridized carbons (Fsp3) is 0.733. The molecule has 0 atom stereocenters. The average molecular weight is 278 g/mol. The van der Waals surface area contributed by atoms with E-state index in [0.717, 1.165) is 31.0 Å². The highest BCUT2D eigenvalue weighted by atomic mass is 16.5. The Bertz CT molecular complexity index is 405. The van der Waals surface area contributed by atoms with E-state index in [1.54, 1.807) is 0 Å². The molecule has 5 heteroatoms. The molecule has 0 spiro atoms. The normalized spacial score (nSPS) is 16.1. The van der Waals surface area contributed by atoms with Crippen LogP contribution in [0.3, 0.4) is 0 Å². The number of hydrogen-bond donors (Lipinski definition) is 1. The highest BCUT2D eigenvalue weighted by molar-refractivity contribution is 5.37. The summed E-state index contributed by atoms with van der Waals surface area (Å²) in [6, 6.07) is 1.87. The minimum absolute atomic E-state index is 0.685. The van der Waals surface area contributed by atoms with E-state index in [1.807, 2.05) is 13.1 Å². The predicted octanol–water partition coefficient (Wildman–Crippen LogP) is 2.34. The molecule has 5 nitrogen and oxygen atoms in total. The van der Waals surface area contributed by atoms with Crippen LogP contribution in [-0.2, 0) is 6.42 Å². The van der Waals surface area contributed by atoms with Crippen molar-refractivity contribution < 1.29 is 4.74 Å². The number of anilines is 1. The third kappa shape index (κ3) is 4.63. The zero-order chi connectivity index (χ0) is 14.2. The van der Waals surface area contributed by atoms with E-state index in [9.17, 15) is 0 Å². The fourth-order valence-corrected chi connectivity index (χ4v) is 2.47. The minimum atomic E-state index is 0.685. The molecule has 1 aliphatic heterocycles. The third-order valence-corrected chi connectivity index (χ3v) is 3.58. The van der Waals surface area contributed by atoms with Gasteiger partial charge >= 0.3 is 0 Å². The van der Waals surface area contributed by atoms with Crippen LogP contribution in [-0.4, -0.2) is 48.2 Å². The van der Waals surface area contributed by atoms with Gasteiger partial charge in [0.1, 0.15) is 18.2 Å². The summed E-state index contributed by atoms with van der Waals surface area (Å²) in [5.41, 5.74) is 0. The molecule has 1 N–H and O–H groups in total. The molecule has 1 fully saturated rings. The molecule has 2 heterocycles. The van der Waals surface area contributed by atoms with E-state index >= 15 is 0 Å². The van der Waals surface area contributed by atoms with Crippen molar-refractivity contribution in [2.45, 2.75) is 39.0 Å². The Balaban J connectivity index is 1.85. The highest BCUT2D eigenvalue weighted by Crippen LogP contribution is 2.14. The standard InChI is InChI=1S/C15H26N4O/c1-3-7-13-17-14(16-2)12-15(18-13)20-11-10-19-8-5-4-6-9-19/h12H,3-11H2,1-2H3,(H,16,17,18). The average Bonchev–Trinajstić information content (AvgIpc) is 2.48. The molecule has 0 saturated carbocycles. The van der Waals surface area contributed by atoms with Gasteiger partial charge in [0, 0.05) is 26.1 Å². The zero-order valence-electron chi connectivity index (χ0n) is 12.7. The second-order valence-corrected chi connectivity index (χ2v) is 5.26. The van der Waals surface area contributed by atoms with Crippen LogP contribution in [0.15, 0.2) is 6.07 Å². The van der Waals surface area contributed by atoms with Gasteiger partial charge in [-0.15, -0.1) is 0 Å². The van der Waals surface area contributed by atoms with Crippen molar-refractivity contribution in [2.24, 2.45) is 0 Å². The lowest BCUT2D eigenvalue weighted by Crippen LogP contribution is -2.33. The molecule has 0 bridgehead atoms. The zero-order valence-corrected chi connectivity index (χ0v) is 12.7. The first-order valence-corrected chi connectivity index (χ1v) is 7.72. The molecule has 0 amide bonds. The van der Waals surface area contributed by atoms with Crippen LogP contribution in [0.4, 0.5) is 5.82 Å². The summed E-state index contributed by atoms with van der Waals surface area (Å²) < 4.78 is 5.81. The molecule has 0 radical (unpaired) electrons. The van der Waals surface area contributed by atoms with Crippen LogP contribution in [0.25, 0.3) is 0 Å². The first-order chi connectivity index (χ1) is 9.81. The van der Waals surface area contributed by atoms with Crippen LogP contribution in [0.2, 0.25) is 0 Å². The molecule has 1 aliphatic rings. The maximum atomic E-state index is 5.81. The largest absolute Gasteiger partial charge is 0.476 e. The van der Waals surface area contributed by atoms with Crippen molar-refractivity contribution in [3.63, 3.8) is 0 Å². The Morgan fingerprint density at radius 3 is 2.75 bits per heavy atom. The second-order valence-electron chi connectivity index (χ2n) is 5.26. The summed E-state index contributed by atoms with van der Waals surface area (Å²) in [6.07, 6.45) is 5.93. The smallest absolute Gasteiger partial charge is 0.218 e. The van der Waals surface area contributed by atoms with E-state index in [4.69, 9.17) is 4.74 Å². The van der Waals surface area contributed by atoms with E-state index in [0.29, 0.717) is 12.5 Å². The summed E-state index contributed by atoms with van der Waals surface area (Å²) in [5, 5.41) is 3.06. The van der Waals surface area contributed by atoms with Gasteiger partial charge in [-0.1, -0.05) is 13.3 Å². The van der Waals surface area contributed by atoms with Gasteiger partial charge in [-0.05, 0) is 32.4 Å². The molecule has 1 aromatic heterocycles. The molecule has 0 unspecified atom stereocenters. The number of nitrogens with one attached hydrogen (secondary N) is 1. The summed E-state index contributed by atoms with van der Waals surface area (Å²) in [4.78, 5) is 11.4. The molecular weight excluding hydrogens is 252 g/mol. The van der Waals surface area contributed by atoms with Crippen molar-refractivity contribution in [1.82, 2.24) is 14.9 Å². The molecule has 112 valence electrons. The maximum absolute atomic E-state index is 5.81. The Kier molecular flexibility index (Phi) is 6.05. The first-order valence-electron chi connectivity index (χ1n) is 7.72. The number of aryl methyl sites for hydroxylation is 1. The van der Waals surface area contributed by atoms with E-state index in [1.165, 1.54) is 32.4 Å². The van der Waals surface area contributed by atoms with Gasteiger partial charge < -0.3 is 10.1 Å². The monoisotopic (exact) mass is 278 g/mol. The second kappa shape index (κ2) is 8.04. The number of likely N-dealkylation sites (tertiary alicyclic amines) is 1. The quantitative estimate of drug-likeness (QED) is 0.829. The number of ether oxygens (including phenoxy) is 1. The van der Waals surface area contributed by atoms with Crippen LogP contribution in [0.1, 0.15) is 38.4 Å². The van der Waals surface area contributed by atoms with Crippen molar-refractivity contribution in [3.05, 3.63) is 11.9 Å². The molecule has 0 aliphatic carbocycles. The molecule has 20 heavy (non-hydrogen) atoms. The lowest BCUT2D eigenvalue weighted by molar-refractivity contribution is 0.180. The van der Waals surface area contributed by atoms with E-state index in [2.05, 4.69) is 27.1 Å². The molecule has 0 aromatic carbocycles. The van der Waals surface area contributed by atoms with Gasteiger partial charge in [0.05, 0.1) is 0 Å². The van der Waals surface area contributed by atoms with Crippen molar-refractivity contribution in [3.8, 4) is 5.88 Å². The van der Waals surface area contributed by atoms with Crippen molar-refractivity contribution in [2.75, 3.05) is 38.6 Å². The van der Waals surface area contributed by atoms with Crippen molar-refractivity contribution >= 4 is 5.82 Å². The van der Waals surface area contributed by atoms with Crippen LogP contribution < -0.4 is 10.1 Å². The molecule has 1 saturated heterocycles. The van der Waals surface area contributed by atoms with Crippen LogP contribution >= 0.6 is 0 Å². The number of piperidine rings is 1. The number of nitrogens with zero attached hydrogens (tertiary/aromatic N) is 3. The maximum Gasteiger partial charge on any atom is 0.218 e. The van der Waals surface area contributed by atoms with Gasteiger partial charge in [-0.2, -0.15) is 4.98 Å². The van der Waals surface area contributed by atoms with Crippen LogP contribution in [0, 0.1) is 0 Å². The Hall–Kier alpha value is -1.36. The summed E-state index contributed by atoms with van der Waals surface area (Å²) in [5.74, 6) is 2.37. The van der Waals surface area contributed by atoms with Gasteiger partial charge in [0.15, 0.2) is 0 Å². The highest BCUT2D eigenvalue weighted by Gasteiger charge is 2.10. The SMILES string of the molecule is CCCc1nc(NC)cc(OCCN2CCCCC2)n1. The Morgan fingerprint density at radius 1 is 1.25 bits per heavy atom. The number of hydrogen-bond acceptors (Lipinski definition) is 5. The molecular formula is C15H26N4O. The molecule has 1 aromatic rings. The van der Waals surface area contributed by atoms with E-state index < -0.39 is 0 Å². The summed E-state index contributed by atoms with van der Waals surface area (Å²) in [6.45, 7) is 6.23. The summed E-state index contributed by atoms with van der Waals surface area (Å²) in [7, 11) is 1.87. The third-order valence-electron chi connectivity index (χ3n) is 3.58. The number of aromatic nitrogens is 2. The fourth-order valence-electron chi connectivity index (χ4n) is 2.47. The van der Waals surface area contributed by atoms with E-state index in [-0.39, 0.29) is 0 Å².